The van der Waals surface area contributed by atoms with Gasteiger partial charge in [-0.3, -0.25) is 0 Å². The molecular weight excluding hydrogens is 320 g/mol. The Morgan fingerprint density at radius 3 is 2.16 bits per heavy atom. The standard InChI is InChI=1S/C20H18O5/c1-20(2)24-18(21)17(19(22)25-20)11-13-7-9-14(10-8-13)15-5-4-6-16(12-15)23-3/h4-12H,1-3H3. The molecule has 0 spiro atoms. The number of cyclic esters (lactones) is 2. The Labute approximate surface area is 145 Å². The van der Waals surface area contributed by atoms with Gasteiger partial charge >= 0.3 is 11.9 Å². The third kappa shape index (κ3) is 3.71. The highest BCUT2D eigenvalue weighted by atomic mass is 16.7. The predicted octanol–water partition coefficient (Wildman–Crippen LogP) is 3.58. The summed E-state index contributed by atoms with van der Waals surface area (Å²) in [5, 5.41) is 0. The van der Waals surface area contributed by atoms with E-state index in [1.807, 2.05) is 48.5 Å². The van der Waals surface area contributed by atoms with Crippen LogP contribution in [0.3, 0.4) is 0 Å². The number of ether oxygens (including phenoxy) is 3. The summed E-state index contributed by atoms with van der Waals surface area (Å²) in [5.74, 6) is -1.82. The summed E-state index contributed by atoms with van der Waals surface area (Å²) in [5.41, 5.74) is 2.59. The van der Waals surface area contributed by atoms with Crippen LogP contribution in [0.15, 0.2) is 54.1 Å². The molecule has 5 heteroatoms. The van der Waals surface area contributed by atoms with Gasteiger partial charge in [0.1, 0.15) is 11.3 Å². The average Bonchev–Trinajstić information content (AvgIpc) is 2.58. The molecule has 1 saturated heterocycles. The largest absolute Gasteiger partial charge is 0.497 e. The molecule has 3 rings (SSSR count). The van der Waals surface area contributed by atoms with Crippen molar-refractivity contribution >= 4 is 18.0 Å². The number of carbonyl (C=O) groups is 2. The van der Waals surface area contributed by atoms with E-state index in [0.29, 0.717) is 5.56 Å². The van der Waals surface area contributed by atoms with E-state index in [4.69, 9.17) is 14.2 Å². The van der Waals surface area contributed by atoms with E-state index in [-0.39, 0.29) is 5.57 Å². The maximum Gasteiger partial charge on any atom is 0.348 e. The van der Waals surface area contributed by atoms with Gasteiger partial charge in [0.15, 0.2) is 0 Å². The van der Waals surface area contributed by atoms with Gasteiger partial charge < -0.3 is 14.2 Å². The molecule has 25 heavy (non-hydrogen) atoms. The van der Waals surface area contributed by atoms with Gasteiger partial charge in [0.05, 0.1) is 7.11 Å². The first kappa shape index (κ1) is 16.8. The average molecular weight is 338 g/mol. The van der Waals surface area contributed by atoms with Crippen LogP contribution in [-0.2, 0) is 19.1 Å². The van der Waals surface area contributed by atoms with Crippen molar-refractivity contribution in [2.45, 2.75) is 19.6 Å². The molecule has 1 aliphatic rings. The monoisotopic (exact) mass is 338 g/mol. The summed E-state index contributed by atoms with van der Waals surface area (Å²) >= 11 is 0. The molecule has 0 amide bonds. The smallest absolute Gasteiger partial charge is 0.348 e. The predicted molar refractivity (Wildman–Crippen MR) is 92.7 cm³/mol. The number of benzene rings is 2. The number of rotatable bonds is 3. The first-order chi connectivity index (χ1) is 11.9. The first-order valence-corrected chi connectivity index (χ1v) is 7.81. The molecule has 1 fully saturated rings. The van der Waals surface area contributed by atoms with Crippen molar-refractivity contribution < 1.29 is 23.8 Å². The third-order valence-electron chi connectivity index (χ3n) is 3.74. The van der Waals surface area contributed by atoms with Gasteiger partial charge in [-0.1, -0.05) is 36.4 Å². The number of methoxy groups -OCH3 is 1. The van der Waals surface area contributed by atoms with Crippen LogP contribution in [0, 0.1) is 0 Å². The van der Waals surface area contributed by atoms with Crippen molar-refractivity contribution in [3.8, 4) is 16.9 Å². The lowest BCUT2D eigenvalue weighted by Gasteiger charge is -2.29. The topological polar surface area (TPSA) is 61.8 Å². The van der Waals surface area contributed by atoms with Gasteiger partial charge in [0.25, 0.3) is 5.79 Å². The summed E-state index contributed by atoms with van der Waals surface area (Å²) in [6.45, 7) is 3.03. The summed E-state index contributed by atoms with van der Waals surface area (Å²) in [6.07, 6.45) is 1.47. The number of esters is 2. The zero-order chi connectivity index (χ0) is 18.0. The molecule has 1 heterocycles. The maximum absolute atomic E-state index is 12.0. The van der Waals surface area contributed by atoms with Gasteiger partial charge in [0.2, 0.25) is 0 Å². The second-order valence-electron chi connectivity index (χ2n) is 6.09. The molecule has 128 valence electrons. The van der Waals surface area contributed by atoms with E-state index in [1.165, 1.54) is 19.9 Å². The van der Waals surface area contributed by atoms with Crippen LogP contribution >= 0.6 is 0 Å². The number of carbonyl (C=O) groups excluding carboxylic acids is 2. The van der Waals surface area contributed by atoms with Crippen LogP contribution in [0.2, 0.25) is 0 Å². The maximum atomic E-state index is 12.0. The summed E-state index contributed by atoms with van der Waals surface area (Å²) in [7, 11) is 1.62. The Hall–Kier alpha value is -3.08. The quantitative estimate of drug-likeness (QED) is 0.486. The highest BCUT2D eigenvalue weighted by molar-refractivity contribution is 6.18. The van der Waals surface area contributed by atoms with Crippen LogP contribution in [0.1, 0.15) is 19.4 Å². The highest BCUT2D eigenvalue weighted by Gasteiger charge is 2.38. The van der Waals surface area contributed by atoms with Crippen molar-refractivity contribution in [3.63, 3.8) is 0 Å². The molecule has 0 radical (unpaired) electrons. The lowest BCUT2D eigenvalue weighted by atomic mass is 10.0. The summed E-state index contributed by atoms with van der Waals surface area (Å²) < 4.78 is 15.4. The minimum atomic E-state index is -1.23. The van der Waals surface area contributed by atoms with Gasteiger partial charge in [-0.25, -0.2) is 9.59 Å². The van der Waals surface area contributed by atoms with E-state index in [1.54, 1.807) is 7.11 Å². The molecule has 1 aliphatic heterocycles. The fourth-order valence-electron chi connectivity index (χ4n) is 2.52. The molecule has 0 aromatic heterocycles. The zero-order valence-corrected chi connectivity index (χ0v) is 14.2. The number of hydrogen-bond donors (Lipinski definition) is 0. The summed E-state index contributed by atoms with van der Waals surface area (Å²) in [6, 6.07) is 15.2. The van der Waals surface area contributed by atoms with Gasteiger partial charge in [-0.05, 0) is 34.9 Å². The van der Waals surface area contributed by atoms with Crippen molar-refractivity contribution in [1.82, 2.24) is 0 Å². The summed E-state index contributed by atoms with van der Waals surface area (Å²) in [4.78, 5) is 24.0. The Balaban J connectivity index is 1.85. The second-order valence-corrected chi connectivity index (χ2v) is 6.09. The van der Waals surface area contributed by atoms with Crippen LogP contribution < -0.4 is 4.74 Å². The van der Waals surface area contributed by atoms with E-state index >= 15 is 0 Å². The fourth-order valence-corrected chi connectivity index (χ4v) is 2.52. The minimum Gasteiger partial charge on any atom is -0.497 e. The van der Waals surface area contributed by atoms with E-state index in [0.717, 1.165) is 16.9 Å². The molecule has 2 aromatic carbocycles. The molecule has 5 nitrogen and oxygen atoms in total. The van der Waals surface area contributed by atoms with Crippen molar-refractivity contribution in [3.05, 3.63) is 59.7 Å². The minimum absolute atomic E-state index is 0.117. The van der Waals surface area contributed by atoms with Crippen LogP contribution in [0.4, 0.5) is 0 Å². The van der Waals surface area contributed by atoms with Crippen molar-refractivity contribution in [1.29, 1.82) is 0 Å². The lowest BCUT2D eigenvalue weighted by molar-refractivity contribution is -0.222. The Kier molecular flexibility index (Phi) is 4.31. The van der Waals surface area contributed by atoms with E-state index in [9.17, 15) is 9.59 Å². The molecular formula is C20H18O5. The molecule has 0 atom stereocenters. The number of hydrogen-bond acceptors (Lipinski definition) is 5. The van der Waals surface area contributed by atoms with Crippen LogP contribution in [0.5, 0.6) is 5.75 Å². The highest BCUT2D eigenvalue weighted by Crippen LogP contribution is 2.26. The van der Waals surface area contributed by atoms with Crippen LogP contribution in [0.25, 0.3) is 17.2 Å². The van der Waals surface area contributed by atoms with Crippen molar-refractivity contribution in [2.24, 2.45) is 0 Å². The molecule has 0 N–H and O–H groups in total. The molecule has 2 aromatic rings. The SMILES string of the molecule is COc1cccc(-c2ccc(C=C3C(=O)OC(C)(C)OC3=O)cc2)c1. The zero-order valence-electron chi connectivity index (χ0n) is 14.2. The Morgan fingerprint density at radius 2 is 1.56 bits per heavy atom. The van der Waals surface area contributed by atoms with Gasteiger partial charge in [-0.15, -0.1) is 0 Å². The second kappa shape index (κ2) is 6.43. The third-order valence-corrected chi connectivity index (χ3v) is 3.74. The lowest BCUT2D eigenvalue weighted by Crippen LogP contribution is -2.41. The normalized spacial score (nSPS) is 16.0. The van der Waals surface area contributed by atoms with Gasteiger partial charge in [0, 0.05) is 13.8 Å². The van der Waals surface area contributed by atoms with E-state index in [2.05, 4.69) is 0 Å². The molecule has 0 aliphatic carbocycles. The molecule has 0 saturated carbocycles. The Morgan fingerprint density at radius 1 is 0.920 bits per heavy atom. The van der Waals surface area contributed by atoms with E-state index < -0.39 is 17.7 Å². The molecule has 0 unspecified atom stereocenters. The molecule has 0 bridgehead atoms. The van der Waals surface area contributed by atoms with Crippen LogP contribution in [-0.4, -0.2) is 24.8 Å². The fraction of sp³-hybridized carbons (Fsp3) is 0.200. The Bertz CT molecular complexity index is 825. The van der Waals surface area contributed by atoms with Gasteiger partial charge in [-0.2, -0.15) is 0 Å². The first-order valence-electron chi connectivity index (χ1n) is 7.81. The van der Waals surface area contributed by atoms with Crippen molar-refractivity contribution in [2.75, 3.05) is 7.11 Å².